The van der Waals surface area contributed by atoms with Gasteiger partial charge in [0.15, 0.2) is 0 Å². The summed E-state index contributed by atoms with van der Waals surface area (Å²) in [5.74, 6) is 1.61. The Morgan fingerprint density at radius 2 is 1.69 bits per heavy atom. The maximum atomic E-state index is 12.9. The van der Waals surface area contributed by atoms with Gasteiger partial charge in [-0.2, -0.15) is 4.31 Å². The average Bonchev–Trinajstić information content (AvgIpc) is 3.36. The number of nitrogens with zero attached hydrogens (tertiary/aromatic N) is 3. The lowest BCUT2D eigenvalue weighted by atomic mass is 10.1. The van der Waals surface area contributed by atoms with Crippen LogP contribution in [-0.2, 0) is 10.0 Å². The van der Waals surface area contributed by atoms with Crippen molar-refractivity contribution in [2.24, 2.45) is 0 Å². The van der Waals surface area contributed by atoms with Gasteiger partial charge in [0.1, 0.15) is 10.7 Å². The first-order valence-electron chi connectivity index (χ1n) is 8.77. The Balaban J connectivity index is 1.47. The Hall–Kier alpha value is -1.89. The number of sulfonamides is 1. The minimum absolute atomic E-state index is 0.121. The van der Waals surface area contributed by atoms with Gasteiger partial charge < -0.3 is 4.57 Å². The van der Waals surface area contributed by atoms with E-state index in [0.717, 1.165) is 29.7 Å². The molecule has 1 aliphatic heterocycles. The molecule has 0 N–H and O–H groups in total. The molecule has 134 valence electrons. The quantitative estimate of drug-likeness (QED) is 0.684. The zero-order valence-corrected chi connectivity index (χ0v) is 15.6. The fraction of sp³-hybridized carbons (Fsp3) is 0.316. The van der Waals surface area contributed by atoms with Gasteiger partial charge in [0.25, 0.3) is 0 Å². The lowest BCUT2D eigenvalue weighted by Gasteiger charge is -2.39. The minimum atomic E-state index is -3.56. The van der Waals surface area contributed by atoms with Crippen LogP contribution in [0, 0.1) is 0 Å². The molecule has 1 saturated carbocycles. The number of rotatable bonds is 4. The van der Waals surface area contributed by atoms with Crippen molar-refractivity contribution in [1.29, 1.82) is 0 Å². The molecular formula is C19H18ClN3O2S. The first-order valence-corrected chi connectivity index (χ1v) is 10.6. The van der Waals surface area contributed by atoms with E-state index in [1.807, 2.05) is 18.2 Å². The van der Waals surface area contributed by atoms with Crippen LogP contribution in [0.15, 0.2) is 53.4 Å². The summed E-state index contributed by atoms with van der Waals surface area (Å²) in [6, 6.07) is 14.8. The van der Waals surface area contributed by atoms with Crippen molar-refractivity contribution in [3.8, 4) is 0 Å². The van der Waals surface area contributed by atoms with Gasteiger partial charge >= 0.3 is 0 Å². The predicted molar refractivity (Wildman–Crippen MR) is 101 cm³/mol. The Kier molecular flexibility index (Phi) is 3.64. The van der Waals surface area contributed by atoms with Crippen LogP contribution in [0.2, 0.25) is 5.02 Å². The highest BCUT2D eigenvalue weighted by atomic mass is 35.5. The number of hydrogen-bond acceptors (Lipinski definition) is 3. The largest absolute Gasteiger partial charge is 0.322 e. The second-order valence-electron chi connectivity index (χ2n) is 7.01. The molecule has 2 heterocycles. The molecule has 0 amide bonds. The lowest BCUT2D eigenvalue weighted by molar-refractivity contribution is 0.205. The zero-order chi connectivity index (χ0) is 17.9. The summed E-state index contributed by atoms with van der Waals surface area (Å²) in [5, 5.41) is 0.266. The molecule has 3 aromatic rings. The van der Waals surface area contributed by atoms with E-state index in [2.05, 4.69) is 10.6 Å². The molecule has 1 aliphatic carbocycles. The first-order chi connectivity index (χ1) is 12.6. The highest BCUT2D eigenvalue weighted by Gasteiger charge is 2.41. The average molecular weight is 388 g/mol. The summed E-state index contributed by atoms with van der Waals surface area (Å²) < 4.78 is 29.5. The number of benzene rings is 2. The highest BCUT2D eigenvalue weighted by molar-refractivity contribution is 7.89. The Morgan fingerprint density at radius 1 is 1.00 bits per heavy atom. The van der Waals surface area contributed by atoms with Crippen LogP contribution in [0.1, 0.15) is 30.6 Å². The molecule has 0 radical (unpaired) electrons. The molecular weight excluding hydrogens is 370 g/mol. The fourth-order valence-corrected chi connectivity index (χ4v) is 5.65. The summed E-state index contributed by atoms with van der Waals surface area (Å²) in [6.45, 7) is 0.904. The van der Waals surface area contributed by atoms with Crippen LogP contribution in [-0.4, -0.2) is 35.4 Å². The number of hydrogen-bond donors (Lipinski definition) is 0. The second-order valence-corrected chi connectivity index (χ2v) is 9.32. The third-order valence-corrected chi connectivity index (χ3v) is 7.55. The van der Waals surface area contributed by atoms with Crippen LogP contribution >= 0.6 is 11.6 Å². The number of fused-ring (bicyclic) bond motifs is 1. The van der Waals surface area contributed by atoms with E-state index < -0.39 is 10.0 Å². The fourth-order valence-electron chi connectivity index (χ4n) is 3.65. The second kappa shape index (κ2) is 5.81. The molecule has 26 heavy (non-hydrogen) atoms. The van der Waals surface area contributed by atoms with Crippen LogP contribution < -0.4 is 0 Å². The van der Waals surface area contributed by atoms with E-state index in [9.17, 15) is 8.42 Å². The summed E-state index contributed by atoms with van der Waals surface area (Å²) in [6.07, 6.45) is 2.33. The standard InChI is InChI=1S/C19H18ClN3O2S/c20-15-5-1-4-8-18(15)26(24,25)22-11-14(12-22)23-17-7-3-2-6-16(17)21-19(23)13-9-10-13/h1-8,13-14H,9-12H2. The van der Waals surface area contributed by atoms with Gasteiger partial charge in [0.05, 0.1) is 22.1 Å². The monoisotopic (exact) mass is 387 g/mol. The van der Waals surface area contributed by atoms with Crippen molar-refractivity contribution in [2.45, 2.75) is 29.7 Å². The summed E-state index contributed by atoms with van der Waals surface area (Å²) in [4.78, 5) is 4.99. The molecule has 2 aliphatic rings. The Bertz CT molecular complexity index is 1100. The van der Waals surface area contributed by atoms with Crippen LogP contribution in [0.4, 0.5) is 0 Å². The number of para-hydroxylation sites is 2. The smallest absolute Gasteiger partial charge is 0.244 e. The van der Waals surface area contributed by atoms with E-state index in [1.54, 1.807) is 24.3 Å². The molecule has 2 fully saturated rings. The van der Waals surface area contributed by atoms with Gasteiger partial charge in [-0.1, -0.05) is 35.9 Å². The van der Waals surface area contributed by atoms with Crippen molar-refractivity contribution < 1.29 is 8.42 Å². The van der Waals surface area contributed by atoms with E-state index in [1.165, 1.54) is 4.31 Å². The van der Waals surface area contributed by atoms with Gasteiger partial charge in [0.2, 0.25) is 10.0 Å². The molecule has 1 aromatic heterocycles. The SMILES string of the molecule is O=S(=O)(c1ccccc1Cl)N1CC(n2c(C3CC3)nc3ccccc32)C1. The molecule has 5 rings (SSSR count). The van der Waals surface area contributed by atoms with Crippen LogP contribution in [0.25, 0.3) is 11.0 Å². The highest BCUT2D eigenvalue weighted by Crippen LogP contribution is 2.43. The van der Waals surface area contributed by atoms with E-state index >= 15 is 0 Å². The third kappa shape index (κ3) is 2.47. The van der Waals surface area contributed by atoms with Gasteiger partial charge in [-0.15, -0.1) is 0 Å². The van der Waals surface area contributed by atoms with Crippen molar-refractivity contribution in [2.75, 3.05) is 13.1 Å². The molecule has 0 unspecified atom stereocenters. The van der Waals surface area contributed by atoms with Crippen LogP contribution in [0.5, 0.6) is 0 Å². The summed E-state index contributed by atoms with van der Waals surface area (Å²) in [7, 11) is -3.56. The molecule has 2 aromatic carbocycles. The van der Waals surface area contributed by atoms with Gasteiger partial charge in [0, 0.05) is 19.0 Å². The molecule has 5 nitrogen and oxygen atoms in total. The lowest BCUT2D eigenvalue weighted by Crippen LogP contribution is -2.50. The minimum Gasteiger partial charge on any atom is -0.322 e. The number of aromatic nitrogens is 2. The van der Waals surface area contributed by atoms with Crippen LogP contribution in [0.3, 0.4) is 0 Å². The molecule has 7 heteroatoms. The maximum absolute atomic E-state index is 12.9. The summed E-state index contributed by atoms with van der Waals surface area (Å²) >= 11 is 6.10. The van der Waals surface area contributed by atoms with Gasteiger partial charge in [-0.3, -0.25) is 0 Å². The number of halogens is 1. The Labute approximate surface area is 157 Å². The van der Waals surface area contributed by atoms with E-state index in [0.29, 0.717) is 19.0 Å². The topological polar surface area (TPSA) is 55.2 Å². The number of imidazole rings is 1. The van der Waals surface area contributed by atoms with Crippen molar-refractivity contribution in [3.05, 3.63) is 59.4 Å². The third-order valence-electron chi connectivity index (χ3n) is 5.21. The van der Waals surface area contributed by atoms with Gasteiger partial charge in [-0.25, -0.2) is 13.4 Å². The van der Waals surface area contributed by atoms with E-state index in [4.69, 9.17) is 16.6 Å². The molecule has 1 saturated heterocycles. The van der Waals surface area contributed by atoms with Crippen molar-refractivity contribution in [3.63, 3.8) is 0 Å². The maximum Gasteiger partial charge on any atom is 0.244 e. The van der Waals surface area contributed by atoms with Crippen molar-refractivity contribution in [1.82, 2.24) is 13.9 Å². The normalized spacial score (nSPS) is 19.0. The Morgan fingerprint density at radius 3 is 2.42 bits per heavy atom. The summed E-state index contributed by atoms with van der Waals surface area (Å²) in [5.41, 5.74) is 2.08. The van der Waals surface area contributed by atoms with Crippen molar-refractivity contribution >= 4 is 32.7 Å². The predicted octanol–water partition coefficient (Wildman–Crippen LogP) is 3.81. The molecule has 0 bridgehead atoms. The first kappa shape index (κ1) is 16.3. The molecule has 0 spiro atoms. The molecule has 0 atom stereocenters. The van der Waals surface area contributed by atoms with E-state index in [-0.39, 0.29) is 16.0 Å². The van der Waals surface area contributed by atoms with Gasteiger partial charge in [-0.05, 0) is 37.1 Å². The zero-order valence-electron chi connectivity index (χ0n) is 14.0.